The maximum Gasteiger partial charge on any atom is 0.141 e. The van der Waals surface area contributed by atoms with E-state index in [-0.39, 0.29) is 6.04 Å². The van der Waals surface area contributed by atoms with E-state index in [2.05, 4.69) is 13.0 Å². The Labute approximate surface area is 109 Å². The highest BCUT2D eigenvalue weighted by Gasteiger charge is 2.14. The van der Waals surface area contributed by atoms with Crippen molar-refractivity contribution in [2.45, 2.75) is 46.6 Å². The molecule has 17 heavy (non-hydrogen) atoms. The molecule has 1 aromatic carbocycles. The maximum atomic E-state index is 6.34. The molecule has 0 spiro atoms. The highest BCUT2D eigenvalue weighted by molar-refractivity contribution is 6.33. The number of rotatable bonds is 5. The summed E-state index contributed by atoms with van der Waals surface area (Å²) in [6, 6.07) is 2.34. The van der Waals surface area contributed by atoms with Crippen LogP contribution in [0.3, 0.4) is 0 Å². The van der Waals surface area contributed by atoms with Gasteiger partial charge in [0, 0.05) is 6.04 Å². The van der Waals surface area contributed by atoms with Crippen LogP contribution in [0.5, 0.6) is 5.75 Å². The molecule has 0 heterocycles. The van der Waals surface area contributed by atoms with Gasteiger partial charge in [-0.2, -0.15) is 0 Å². The zero-order valence-electron chi connectivity index (χ0n) is 11.1. The zero-order valence-corrected chi connectivity index (χ0v) is 11.9. The summed E-state index contributed by atoms with van der Waals surface area (Å²) in [5.41, 5.74) is 9.40. The van der Waals surface area contributed by atoms with E-state index in [4.69, 9.17) is 22.1 Å². The van der Waals surface area contributed by atoms with E-state index >= 15 is 0 Å². The molecule has 0 fully saturated rings. The van der Waals surface area contributed by atoms with Crippen LogP contribution in [0.15, 0.2) is 6.07 Å². The molecule has 0 aliphatic rings. The Bertz CT molecular complexity index is 390. The zero-order chi connectivity index (χ0) is 13.0. The van der Waals surface area contributed by atoms with Gasteiger partial charge in [0.25, 0.3) is 0 Å². The number of halogens is 1. The van der Waals surface area contributed by atoms with Gasteiger partial charge in [0.15, 0.2) is 0 Å². The van der Waals surface area contributed by atoms with E-state index in [0.29, 0.717) is 6.61 Å². The summed E-state index contributed by atoms with van der Waals surface area (Å²) in [6.45, 7) is 8.75. The number of aryl methyl sites for hydroxylation is 1. The fourth-order valence-corrected chi connectivity index (χ4v) is 2.20. The van der Waals surface area contributed by atoms with Gasteiger partial charge in [0.1, 0.15) is 5.75 Å². The minimum atomic E-state index is 0.196. The minimum Gasteiger partial charge on any atom is -0.492 e. The lowest BCUT2D eigenvalue weighted by molar-refractivity contribution is 0.337. The van der Waals surface area contributed by atoms with Gasteiger partial charge >= 0.3 is 0 Å². The van der Waals surface area contributed by atoms with Gasteiger partial charge in [-0.3, -0.25) is 0 Å². The van der Waals surface area contributed by atoms with Gasteiger partial charge in [-0.1, -0.05) is 24.6 Å². The van der Waals surface area contributed by atoms with E-state index in [1.807, 2.05) is 20.8 Å². The van der Waals surface area contributed by atoms with Crippen LogP contribution in [0, 0.1) is 13.8 Å². The van der Waals surface area contributed by atoms with Crippen LogP contribution in [0.4, 0.5) is 0 Å². The number of nitrogens with two attached hydrogens (primary N) is 1. The molecule has 0 saturated heterocycles. The van der Waals surface area contributed by atoms with Gasteiger partial charge in [0.05, 0.1) is 11.6 Å². The Morgan fingerprint density at radius 2 is 2.00 bits per heavy atom. The molecule has 2 N–H and O–H groups in total. The van der Waals surface area contributed by atoms with Gasteiger partial charge < -0.3 is 10.5 Å². The topological polar surface area (TPSA) is 35.2 Å². The molecule has 1 rings (SSSR count). The molecule has 0 aliphatic carbocycles. The fourth-order valence-electron chi connectivity index (χ4n) is 1.88. The molecule has 2 nitrogen and oxygen atoms in total. The molecule has 3 heteroatoms. The summed E-state index contributed by atoms with van der Waals surface area (Å²) in [5.74, 6) is 0.806. The molecule has 0 saturated carbocycles. The second-order valence-corrected chi connectivity index (χ2v) is 4.80. The molecule has 0 radical (unpaired) electrons. The highest BCUT2D eigenvalue weighted by Crippen LogP contribution is 2.34. The average molecular weight is 256 g/mol. The lowest BCUT2D eigenvalue weighted by Crippen LogP contribution is -2.22. The minimum absolute atomic E-state index is 0.196. The quantitative estimate of drug-likeness (QED) is 0.872. The number of ether oxygens (including phenoxy) is 1. The van der Waals surface area contributed by atoms with E-state index in [1.165, 1.54) is 5.56 Å². The summed E-state index contributed by atoms with van der Waals surface area (Å²) < 4.78 is 5.57. The van der Waals surface area contributed by atoms with Crippen LogP contribution in [0.25, 0.3) is 0 Å². The van der Waals surface area contributed by atoms with Crippen molar-refractivity contribution in [2.24, 2.45) is 5.73 Å². The lowest BCUT2D eigenvalue weighted by atomic mass is 9.97. The highest BCUT2D eigenvalue weighted by atomic mass is 35.5. The smallest absolute Gasteiger partial charge is 0.141 e. The Morgan fingerprint density at radius 3 is 2.53 bits per heavy atom. The van der Waals surface area contributed by atoms with Crippen LogP contribution in [-0.4, -0.2) is 12.6 Å². The summed E-state index contributed by atoms with van der Waals surface area (Å²) in [7, 11) is 0. The first kappa shape index (κ1) is 14.3. The van der Waals surface area contributed by atoms with Crippen molar-refractivity contribution in [1.29, 1.82) is 0 Å². The van der Waals surface area contributed by atoms with Crippen molar-refractivity contribution >= 4 is 11.6 Å². The SMILES string of the molecule is CCOc1c(C)cc(CC(N)CC)c(C)c1Cl. The summed E-state index contributed by atoms with van der Waals surface area (Å²) in [5, 5.41) is 0.727. The van der Waals surface area contributed by atoms with Crippen LogP contribution in [0.2, 0.25) is 5.02 Å². The fraction of sp³-hybridized carbons (Fsp3) is 0.571. The molecule has 0 aliphatic heterocycles. The van der Waals surface area contributed by atoms with Crippen molar-refractivity contribution in [2.75, 3.05) is 6.61 Å². The summed E-state index contributed by atoms with van der Waals surface area (Å²) >= 11 is 6.34. The molecule has 0 bridgehead atoms. The van der Waals surface area contributed by atoms with Crippen LogP contribution >= 0.6 is 11.6 Å². The monoisotopic (exact) mass is 255 g/mol. The van der Waals surface area contributed by atoms with Gasteiger partial charge in [-0.05, 0) is 50.3 Å². The first-order chi connectivity index (χ1) is 8.01. The maximum absolute atomic E-state index is 6.34. The Balaban J connectivity index is 3.10. The number of benzene rings is 1. The molecular formula is C14H22ClNO. The van der Waals surface area contributed by atoms with E-state index in [9.17, 15) is 0 Å². The predicted molar refractivity (Wildman–Crippen MR) is 74.1 cm³/mol. The van der Waals surface area contributed by atoms with E-state index < -0.39 is 0 Å². The number of hydrogen-bond donors (Lipinski definition) is 1. The predicted octanol–water partition coefficient (Wildman–Crippen LogP) is 3.64. The normalized spacial score (nSPS) is 12.6. The Kier molecular flexibility index (Phi) is 5.29. The van der Waals surface area contributed by atoms with Crippen LogP contribution in [-0.2, 0) is 6.42 Å². The standard InChI is InChI=1S/C14H22ClNO/c1-5-12(16)8-11-7-9(3)14(17-6-2)13(15)10(11)4/h7,12H,5-6,8,16H2,1-4H3. The third-order valence-corrected chi connectivity index (χ3v) is 3.51. The van der Waals surface area contributed by atoms with Gasteiger partial charge in [0.2, 0.25) is 0 Å². The number of hydrogen-bond acceptors (Lipinski definition) is 2. The summed E-state index contributed by atoms with van der Waals surface area (Å²) in [6.07, 6.45) is 1.85. The average Bonchev–Trinajstić information content (AvgIpc) is 2.31. The van der Waals surface area contributed by atoms with E-state index in [1.54, 1.807) is 0 Å². The van der Waals surface area contributed by atoms with Crippen molar-refractivity contribution in [3.05, 3.63) is 27.8 Å². The van der Waals surface area contributed by atoms with Crippen LogP contribution in [0.1, 0.15) is 37.0 Å². The largest absolute Gasteiger partial charge is 0.492 e. The van der Waals surface area contributed by atoms with E-state index in [0.717, 1.165) is 34.7 Å². The van der Waals surface area contributed by atoms with Crippen molar-refractivity contribution < 1.29 is 4.74 Å². The van der Waals surface area contributed by atoms with Crippen molar-refractivity contribution in [1.82, 2.24) is 0 Å². The molecule has 0 amide bonds. The first-order valence-electron chi connectivity index (χ1n) is 6.18. The van der Waals surface area contributed by atoms with Crippen LogP contribution < -0.4 is 10.5 Å². The van der Waals surface area contributed by atoms with Gasteiger partial charge in [-0.15, -0.1) is 0 Å². The second-order valence-electron chi connectivity index (χ2n) is 4.43. The molecule has 96 valence electrons. The van der Waals surface area contributed by atoms with Crippen molar-refractivity contribution in [3.8, 4) is 5.75 Å². The lowest BCUT2D eigenvalue weighted by Gasteiger charge is -2.17. The molecule has 1 aromatic rings. The third-order valence-electron chi connectivity index (χ3n) is 3.05. The first-order valence-corrected chi connectivity index (χ1v) is 6.55. The molecule has 1 unspecified atom stereocenters. The molecule has 0 aromatic heterocycles. The Morgan fingerprint density at radius 1 is 1.35 bits per heavy atom. The Hall–Kier alpha value is -0.730. The van der Waals surface area contributed by atoms with Crippen molar-refractivity contribution in [3.63, 3.8) is 0 Å². The second kappa shape index (κ2) is 6.27. The summed E-state index contributed by atoms with van der Waals surface area (Å²) in [4.78, 5) is 0. The van der Waals surface area contributed by atoms with Gasteiger partial charge in [-0.25, -0.2) is 0 Å². The third kappa shape index (κ3) is 3.36. The molecule has 1 atom stereocenters. The molecular weight excluding hydrogens is 234 g/mol.